The lowest BCUT2D eigenvalue weighted by Gasteiger charge is -2.17. The highest BCUT2D eigenvalue weighted by atomic mass is 16.5. The standard InChI is InChI=1S/C17H20N2O2/c1-17(2)9-8-13(11-17)18-16(20)15-10-14(19-21-15)12-6-4-3-5-7-12/h3-7,10,13H,8-9,11H2,1-2H3,(H,18,20). The highest BCUT2D eigenvalue weighted by molar-refractivity contribution is 5.92. The van der Waals surface area contributed by atoms with Gasteiger partial charge in [-0.05, 0) is 24.7 Å². The molecule has 1 aromatic carbocycles. The Morgan fingerprint density at radius 2 is 2.10 bits per heavy atom. The van der Waals surface area contributed by atoms with E-state index in [2.05, 4.69) is 24.3 Å². The highest BCUT2D eigenvalue weighted by Gasteiger charge is 2.32. The minimum atomic E-state index is -0.174. The van der Waals surface area contributed by atoms with E-state index in [1.165, 1.54) is 0 Å². The summed E-state index contributed by atoms with van der Waals surface area (Å²) in [6.45, 7) is 4.47. The van der Waals surface area contributed by atoms with Gasteiger partial charge in [0, 0.05) is 17.7 Å². The quantitative estimate of drug-likeness (QED) is 0.936. The van der Waals surface area contributed by atoms with Crippen LogP contribution in [0.25, 0.3) is 11.3 Å². The minimum Gasteiger partial charge on any atom is -0.350 e. The van der Waals surface area contributed by atoms with Gasteiger partial charge in [0.25, 0.3) is 5.91 Å². The number of aromatic nitrogens is 1. The summed E-state index contributed by atoms with van der Waals surface area (Å²) in [4.78, 5) is 12.2. The van der Waals surface area contributed by atoms with E-state index in [4.69, 9.17) is 4.52 Å². The lowest BCUT2D eigenvalue weighted by atomic mass is 9.92. The number of nitrogens with one attached hydrogen (secondary N) is 1. The van der Waals surface area contributed by atoms with Crippen LogP contribution in [0.15, 0.2) is 40.9 Å². The van der Waals surface area contributed by atoms with Gasteiger partial charge in [-0.2, -0.15) is 0 Å². The van der Waals surface area contributed by atoms with Gasteiger partial charge in [-0.25, -0.2) is 0 Å². The maximum Gasteiger partial charge on any atom is 0.290 e. The number of amides is 1. The monoisotopic (exact) mass is 284 g/mol. The van der Waals surface area contributed by atoms with Gasteiger partial charge < -0.3 is 9.84 Å². The summed E-state index contributed by atoms with van der Waals surface area (Å²) in [7, 11) is 0. The van der Waals surface area contributed by atoms with E-state index < -0.39 is 0 Å². The van der Waals surface area contributed by atoms with Crippen molar-refractivity contribution in [2.24, 2.45) is 5.41 Å². The van der Waals surface area contributed by atoms with Crippen LogP contribution < -0.4 is 5.32 Å². The number of carbonyl (C=O) groups excluding carboxylic acids is 1. The Hall–Kier alpha value is -2.10. The third-order valence-electron chi connectivity index (χ3n) is 4.11. The van der Waals surface area contributed by atoms with Gasteiger partial charge in [0.2, 0.25) is 5.76 Å². The van der Waals surface area contributed by atoms with Gasteiger partial charge in [0.05, 0.1) is 0 Å². The summed E-state index contributed by atoms with van der Waals surface area (Å²) in [6, 6.07) is 11.6. The van der Waals surface area contributed by atoms with E-state index in [1.54, 1.807) is 6.07 Å². The van der Waals surface area contributed by atoms with Gasteiger partial charge >= 0.3 is 0 Å². The first kappa shape index (κ1) is 13.9. The molecule has 1 amide bonds. The van der Waals surface area contributed by atoms with Gasteiger partial charge in [0.15, 0.2) is 0 Å². The minimum absolute atomic E-state index is 0.174. The highest BCUT2D eigenvalue weighted by Crippen LogP contribution is 2.37. The molecule has 1 heterocycles. The average Bonchev–Trinajstić information content (AvgIpc) is 3.07. The molecule has 1 aliphatic carbocycles. The zero-order chi connectivity index (χ0) is 14.9. The number of rotatable bonds is 3. The summed E-state index contributed by atoms with van der Waals surface area (Å²) in [5.41, 5.74) is 1.95. The third-order valence-corrected chi connectivity index (χ3v) is 4.11. The van der Waals surface area contributed by atoms with Crippen LogP contribution in [0, 0.1) is 5.41 Å². The Bertz CT molecular complexity index is 631. The van der Waals surface area contributed by atoms with Gasteiger partial charge in [0.1, 0.15) is 5.69 Å². The van der Waals surface area contributed by atoms with E-state index in [0.717, 1.165) is 24.8 Å². The van der Waals surface area contributed by atoms with Gasteiger partial charge in [-0.15, -0.1) is 0 Å². The molecule has 0 radical (unpaired) electrons. The SMILES string of the molecule is CC1(C)CCC(NC(=O)c2cc(-c3ccccc3)no2)C1. The Kier molecular flexibility index (Phi) is 3.53. The molecule has 0 spiro atoms. The smallest absolute Gasteiger partial charge is 0.290 e. The van der Waals surface area contributed by atoms with Crippen LogP contribution in [0.1, 0.15) is 43.7 Å². The maximum atomic E-state index is 12.2. The summed E-state index contributed by atoms with van der Waals surface area (Å²) >= 11 is 0. The van der Waals surface area contributed by atoms with Crippen molar-refractivity contribution in [1.29, 1.82) is 0 Å². The van der Waals surface area contributed by atoms with E-state index in [0.29, 0.717) is 11.1 Å². The van der Waals surface area contributed by atoms with Crippen molar-refractivity contribution in [1.82, 2.24) is 10.5 Å². The predicted octanol–water partition coefficient (Wildman–Crippen LogP) is 3.65. The molecule has 110 valence electrons. The van der Waals surface area contributed by atoms with E-state index >= 15 is 0 Å². The first-order chi connectivity index (χ1) is 10.0. The molecular weight excluding hydrogens is 264 g/mol. The summed E-state index contributed by atoms with van der Waals surface area (Å²) < 4.78 is 5.18. The van der Waals surface area contributed by atoms with E-state index in [-0.39, 0.29) is 17.7 Å². The first-order valence-electron chi connectivity index (χ1n) is 7.36. The van der Waals surface area contributed by atoms with Crippen molar-refractivity contribution in [3.63, 3.8) is 0 Å². The van der Waals surface area contributed by atoms with Crippen molar-refractivity contribution in [2.75, 3.05) is 0 Å². The van der Waals surface area contributed by atoms with Gasteiger partial charge in [-0.3, -0.25) is 4.79 Å². The lowest BCUT2D eigenvalue weighted by molar-refractivity contribution is 0.0899. The number of nitrogens with zero attached hydrogens (tertiary/aromatic N) is 1. The Balaban J connectivity index is 1.68. The lowest BCUT2D eigenvalue weighted by Crippen LogP contribution is -2.33. The van der Waals surface area contributed by atoms with E-state index in [1.807, 2.05) is 30.3 Å². The van der Waals surface area contributed by atoms with Crippen LogP contribution in [0.5, 0.6) is 0 Å². The van der Waals surface area contributed by atoms with Crippen molar-refractivity contribution in [2.45, 2.75) is 39.2 Å². The molecule has 21 heavy (non-hydrogen) atoms. The Morgan fingerprint density at radius 3 is 2.76 bits per heavy atom. The summed E-state index contributed by atoms with van der Waals surface area (Å²) in [6.07, 6.45) is 3.18. The number of carbonyl (C=O) groups is 1. The molecule has 0 bridgehead atoms. The van der Waals surface area contributed by atoms with Crippen molar-refractivity contribution in [3.8, 4) is 11.3 Å². The average molecular weight is 284 g/mol. The number of hydrogen-bond acceptors (Lipinski definition) is 3. The van der Waals surface area contributed by atoms with Crippen LogP contribution in [0.2, 0.25) is 0 Å². The topological polar surface area (TPSA) is 55.1 Å². The zero-order valence-corrected chi connectivity index (χ0v) is 12.4. The molecule has 0 saturated heterocycles. The second kappa shape index (κ2) is 5.35. The molecule has 0 aliphatic heterocycles. The van der Waals surface area contributed by atoms with Crippen molar-refractivity contribution in [3.05, 3.63) is 42.2 Å². The van der Waals surface area contributed by atoms with Crippen molar-refractivity contribution >= 4 is 5.91 Å². The summed E-state index contributed by atoms with van der Waals surface area (Å²) in [5, 5.41) is 7.02. The molecule has 1 unspecified atom stereocenters. The maximum absolute atomic E-state index is 12.2. The normalized spacial score (nSPS) is 20.4. The first-order valence-corrected chi connectivity index (χ1v) is 7.36. The summed E-state index contributed by atoms with van der Waals surface area (Å²) in [5.74, 6) is 0.103. The number of benzene rings is 1. The van der Waals surface area contributed by atoms with Crippen molar-refractivity contribution < 1.29 is 9.32 Å². The van der Waals surface area contributed by atoms with Gasteiger partial charge in [-0.1, -0.05) is 49.3 Å². The molecule has 4 heteroatoms. The fourth-order valence-corrected chi connectivity index (χ4v) is 2.94. The predicted molar refractivity (Wildman–Crippen MR) is 80.8 cm³/mol. The third kappa shape index (κ3) is 3.15. The largest absolute Gasteiger partial charge is 0.350 e. The fraction of sp³-hybridized carbons (Fsp3) is 0.412. The van der Waals surface area contributed by atoms with E-state index in [9.17, 15) is 4.79 Å². The van der Waals surface area contributed by atoms with Crippen LogP contribution in [-0.2, 0) is 0 Å². The molecule has 1 fully saturated rings. The Morgan fingerprint density at radius 1 is 1.33 bits per heavy atom. The zero-order valence-electron chi connectivity index (χ0n) is 12.4. The molecule has 1 aromatic heterocycles. The van der Waals surface area contributed by atoms with Crippen LogP contribution in [0.4, 0.5) is 0 Å². The second-order valence-corrected chi connectivity index (χ2v) is 6.52. The number of hydrogen-bond donors (Lipinski definition) is 1. The Labute approximate surface area is 124 Å². The molecule has 1 N–H and O–H groups in total. The molecule has 1 atom stereocenters. The molecule has 3 rings (SSSR count). The van der Waals surface area contributed by atoms with Crippen LogP contribution in [-0.4, -0.2) is 17.1 Å². The fourth-order valence-electron chi connectivity index (χ4n) is 2.94. The van der Waals surface area contributed by atoms with Crippen LogP contribution in [0.3, 0.4) is 0 Å². The molecule has 4 nitrogen and oxygen atoms in total. The van der Waals surface area contributed by atoms with Crippen LogP contribution >= 0.6 is 0 Å². The molecule has 1 aliphatic rings. The molecule has 2 aromatic rings. The molecular formula is C17H20N2O2. The molecule has 1 saturated carbocycles. The second-order valence-electron chi connectivity index (χ2n) is 6.52.